The molecule has 1 fully saturated rings. The van der Waals surface area contributed by atoms with Gasteiger partial charge in [0.2, 0.25) is 0 Å². The predicted molar refractivity (Wildman–Crippen MR) is 134 cm³/mol. The molecule has 0 radical (unpaired) electrons. The van der Waals surface area contributed by atoms with Gasteiger partial charge in [0.1, 0.15) is 6.54 Å². The Balaban J connectivity index is 1.87. The van der Waals surface area contributed by atoms with E-state index in [0.717, 1.165) is 33.9 Å². The van der Waals surface area contributed by atoms with Crippen LogP contribution < -0.4 is 5.32 Å². The fourth-order valence-corrected chi connectivity index (χ4v) is 5.17. The normalized spacial score (nSPS) is 17.8. The quantitative estimate of drug-likeness (QED) is 0.394. The smallest absolute Gasteiger partial charge is 0.325 e. The molecule has 0 bridgehead atoms. The fraction of sp³-hybridized carbons (Fsp3) is 0.320. The molecule has 0 spiro atoms. The number of carbonyl (C=O) groups is 1. The summed E-state index contributed by atoms with van der Waals surface area (Å²) in [5.41, 5.74) is 6.28. The summed E-state index contributed by atoms with van der Waals surface area (Å²) in [4.78, 5) is 19.0. The summed E-state index contributed by atoms with van der Waals surface area (Å²) >= 11 is 12.0. The minimum Gasteiger partial charge on any atom is -0.465 e. The number of pyridine rings is 1. The highest BCUT2D eigenvalue weighted by Crippen LogP contribution is 2.43. The largest absolute Gasteiger partial charge is 0.465 e. The van der Waals surface area contributed by atoms with Gasteiger partial charge in [-0.15, -0.1) is 0 Å². The lowest BCUT2D eigenvalue weighted by atomic mass is 9.93. The lowest BCUT2D eigenvalue weighted by Crippen LogP contribution is -2.35. The maximum Gasteiger partial charge on any atom is 0.325 e. The molecule has 3 heterocycles. The molecule has 172 valence electrons. The molecule has 1 N–H and O–H groups in total. The maximum atomic E-state index is 12.5. The van der Waals surface area contributed by atoms with Crippen molar-refractivity contribution < 1.29 is 9.53 Å². The first kappa shape index (κ1) is 23.3. The van der Waals surface area contributed by atoms with Gasteiger partial charge in [0.15, 0.2) is 5.11 Å². The monoisotopic (exact) mass is 482 g/mol. The van der Waals surface area contributed by atoms with Crippen LogP contribution in [0.1, 0.15) is 47.2 Å². The second-order valence-electron chi connectivity index (χ2n) is 8.08. The highest BCUT2D eigenvalue weighted by atomic mass is 35.5. The zero-order valence-electron chi connectivity index (χ0n) is 19.1. The Morgan fingerprint density at radius 1 is 1.18 bits per heavy atom. The van der Waals surface area contributed by atoms with Gasteiger partial charge in [-0.05, 0) is 75.8 Å². The molecule has 8 heteroatoms. The predicted octanol–water partition coefficient (Wildman–Crippen LogP) is 4.99. The number of nitrogens with zero attached hydrogens (tertiary/aromatic N) is 3. The molecule has 0 unspecified atom stereocenters. The van der Waals surface area contributed by atoms with Gasteiger partial charge < -0.3 is 19.5 Å². The van der Waals surface area contributed by atoms with E-state index in [-0.39, 0.29) is 24.6 Å². The summed E-state index contributed by atoms with van der Waals surface area (Å²) in [6.07, 6.45) is 1.77. The zero-order chi connectivity index (χ0) is 23.7. The molecule has 2 atom stereocenters. The Kier molecular flexibility index (Phi) is 6.72. The Morgan fingerprint density at radius 3 is 2.64 bits per heavy atom. The van der Waals surface area contributed by atoms with Gasteiger partial charge in [0.05, 0.1) is 24.4 Å². The third-order valence-corrected chi connectivity index (χ3v) is 6.76. The number of nitrogens with one attached hydrogen (secondary N) is 1. The Labute approximate surface area is 204 Å². The third-order valence-electron chi connectivity index (χ3n) is 6.17. The van der Waals surface area contributed by atoms with Crippen LogP contribution in [-0.2, 0) is 9.53 Å². The molecule has 1 aromatic carbocycles. The summed E-state index contributed by atoms with van der Waals surface area (Å²) < 4.78 is 7.45. The van der Waals surface area contributed by atoms with Crippen molar-refractivity contribution in [2.45, 2.75) is 39.8 Å². The van der Waals surface area contributed by atoms with E-state index >= 15 is 0 Å². The summed E-state index contributed by atoms with van der Waals surface area (Å²) in [6, 6.07) is 13.2. The summed E-state index contributed by atoms with van der Waals surface area (Å²) in [7, 11) is 0. The Bertz CT molecular complexity index is 1190. The minimum atomic E-state index is -0.311. The molecule has 4 rings (SSSR count). The van der Waals surface area contributed by atoms with Crippen LogP contribution in [0.4, 0.5) is 0 Å². The molecule has 1 aliphatic heterocycles. The average molecular weight is 483 g/mol. The van der Waals surface area contributed by atoms with Gasteiger partial charge in [-0.1, -0.05) is 23.7 Å². The molecule has 0 amide bonds. The van der Waals surface area contributed by atoms with Crippen LogP contribution in [0.3, 0.4) is 0 Å². The molecule has 1 saturated heterocycles. The molecular weight excluding hydrogens is 456 g/mol. The number of ether oxygens (including phenoxy) is 1. The van der Waals surface area contributed by atoms with Crippen molar-refractivity contribution in [2.75, 3.05) is 13.2 Å². The zero-order valence-corrected chi connectivity index (χ0v) is 20.7. The molecule has 6 nitrogen and oxygen atoms in total. The lowest BCUT2D eigenvalue weighted by Gasteiger charge is -2.28. The van der Waals surface area contributed by atoms with Crippen LogP contribution in [0.25, 0.3) is 5.69 Å². The Hall–Kier alpha value is -2.90. The van der Waals surface area contributed by atoms with Crippen molar-refractivity contribution in [3.63, 3.8) is 0 Å². The van der Waals surface area contributed by atoms with Crippen molar-refractivity contribution in [3.05, 3.63) is 81.9 Å². The van der Waals surface area contributed by atoms with Crippen LogP contribution >= 0.6 is 23.8 Å². The van der Waals surface area contributed by atoms with Crippen molar-refractivity contribution >= 4 is 34.9 Å². The molecule has 1 aliphatic rings. The molecule has 0 aliphatic carbocycles. The van der Waals surface area contributed by atoms with E-state index in [1.54, 1.807) is 13.1 Å². The van der Waals surface area contributed by atoms with E-state index in [9.17, 15) is 4.79 Å². The van der Waals surface area contributed by atoms with Crippen molar-refractivity contribution in [2.24, 2.45) is 0 Å². The number of aromatic nitrogens is 2. The number of hydrogen-bond acceptors (Lipinski definition) is 4. The van der Waals surface area contributed by atoms with Crippen molar-refractivity contribution in [1.29, 1.82) is 0 Å². The summed E-state index contributed by atoms with van der Waals surface area (Å²) in [6.45, 7) is 8.49. The maximum absolute atomic E-state index is 12.5. The van der Waals surface area contributed by atoms with Crippen LogP contribution in [-0.4, -0.2) is 38.7 Å². The van der Waals surface area contributed by atoms with Gasteiger partial charge in [-0.2, -0.15) is 0 Å². The van der Waals surface area contributed by atoms with Gasteiger partial charge >= 0.3 is 5.97 Å². The number of halogens is 1. The van der Waals surface area contributed by atoms with Crippen LogP contribution in [0.2, 0.25) is 5.02 Å². The first-order valence-electron chi connectivity index (χ1n) is 10.9. The van der Waals surface area contributed by atoms with Gasteiger partial charge in [-0.25, -0.2) is 0 Å². The number of carbonyl (C=O) groups excluding carboxylic acids is 1. The van der Waals surface area contributed by atoms with E-state index < -0.39 is 0 Å². The Morgan fingerprint density at radius 2 is 1.97 bits per heavy atom. The second kappa shape index (κ2) is 9.53. The van der Waals surface area contributed by atoms with Gasteiger partial charge in [-0.3, -0.25) is 9.78 Å². The SMILES string of the molecule is CCOC(=O)CN1C(=S)N[C@@H](c2ccccn2)[C@H]1c1c(C)c(C)n(-c2cccc(Cl)c2)c1C. The first-order chi connectivity index (χ1) is 15.8. The van der Waals surface area contributed by atoms with Crippen LogP contribution in [0.15, 0.2) is 48.7 Å². The molecular formula is C25H27ClN4O2S. The number of esters is 1. The molecule has 33 heavy (non-hydrogen) atoms. The van der Waals surface area contributed by atoms with Crippen LogP contribution in [0, 0.1) is 20.8 Å². The van der Waals surface area contributed by atoms with Crippen LogP contribution in [0.5, 0.6) is 0 Å². The van der Waals surface area contributed by atoms with Crippen molar-refractivity contribution in [3.8, 4) is 5.69 Å². The molecule has 2 aromatic heterocycles. The second-order valence-corrected chi connectivity index (χ2v) is 8.91. The number of thiocarbonyl (C=S) groups is 1. The lowest BCUT2D eigenvalue weighted by molar-refractivity contribution is -0.143. The molecule has 3 aromatic rings. The third kappa shape index (κ3) is 4.35. The van der Waals surface area contributed by atoms with E-state index in [0.29, 0.717) is 16.7 Å². The van der Waals surface area contributed by atoms with Gasteiger partial charge in [0.25, 0.3) is 0 Å². The van der Waals surface area contributed by atoms with E-state index in [1.165, 1.54) is 0 Å². The molecule has 0 saturated carbocycles. The number of hydrogen-bond donors (Lipinski definition) is 1. The van der Waals surface area contributed by atoms with E-state index in [2.05, 4.69) is 35.6 Å². The first-order valence-corrected chi connectivity index (χ1v) is 11.7. The number of rotatable bonds is 6. The van der Waals surface area contributed by atoms with Gasteiger partial charge in [0, 0.05) is 33.9 Å². The summed E-state index contributed by atoms with van der Waals surface area (Å²) in [5.74, 6) is -0.311. The van der Waals surface area contributed by atoms with Crippen molar-refractivity contribution in [1.82, 2.24) is 19.8 Å². The fourth-order valence-electron chi connectivity index (χ4n) is 4.68. The minimum absolute atomic E-state index is 0.0634. The average Bonchev–Trinajstić information content (AvgIpc) is 3.21. The topological polar surface area (TPSA) is 59.4 Å². The van der Waals surface area contributed by atoms with E-state index in [4.69, 9.17) is 28.6 Å². The highest BCUT2D eigenvalue weighted by molar-refractivity contribution is 7.80. The standard InChI is InChI=1S/C25H27ClN4O2S/c1-5-32-21(31)14-29-24(23(28-25(29)33)20-11-6-7-12-27-20)22-15(2)16(3)30(17(22)4)19-10-8-9-18(26)13-19/h6-13,23-24H,5,14H2,1-4H3,(H,28,33)/t23-,24+/m0/s1. The van der Waals surface area contributed by atoms with E-state index in [1.807, 2.05) is 47.4 Å². The summed E-state index contributed by atoms with van der Waals surface area (Å²) in [5, 5.41) is 4.59. The highest BCUT2D eigenvalue weighted by Gasteiger charge is 2.43. The number of benzene rings is 1.